The van der Waals surface area contributed by atoms with E-state index in [4.69, 9.17) is 5.11 Å². The van der Waals surface area contributed by atoms with Crippen molar-refractivity contribution < 1.29 is 18.3 Å². The maximum absolute atomic E-state index is 11.8. The lowest BCUT2D eigenvalue weighted by Gasteiger charge is -2.10. The van der Waals surface area contributed by atoms with Gasteiger partial charge in [-0.3, -0.25) is 4.79 Å². The van der Waals surface area contributed by atoms with Gasteiger partial charge in [0.15, 0.2) is 0 Å². The van der Waals surface area contributed by atoms with Gasteiger partial charge in [-0.15, -0.1) is 0 Å². The summed E-state index contributed by atoms with van der Waals surface area (Å²) in [6.45, 7) is 2.79. The first-order valence-corrected chi connectivity index (χ1v) is 6.84. The number of amides is 1. The third kappa shape index (κ3) is 3.80. The highest BCUT2D eigenvalue weighted by Gasteiger charge is 2.14. The Bertz CT molecular complexity index is 540. The largest absolute Gasteiger partial charge is 0.395 e. The van der Waals surface area contributed by atoms with E-state index in [1.807, 2.05) is 0 Å². The fourth-order valence-electron chi connectivity index (χ4n) is 1.40. The summed E-state index contributed by atoms with van der Waals surface area (Å²) in [5.41, 5.74) is 1.22. The van der Waals surface area contributed by atoms with Crippen LogP contribution in [0, 0.1) is 6.92 Å². The van der Waals surface area contributed by atoms with Gasteiger partial charge >= 0.3 is 0 Å². The summed E-state index contributed by atoms with van der Waals surface area (Å²) in [4.78, 5) is 11.0. The molecule has 3 N–H and O–H groups in total. The van der Waals surface area contributed by atoms with Gasteiger partial charge in [0.1, 0.15) is 0 Å². The SMILES string of the molecule is CC(=O)Nc1ccc(S(=O)(=O)NCCO)cc1C. The molecule has 0 atom stereocenters. The molecule has 100 valence electrons. The zero-order valence-corrected chi connectivity index (χ0v) is 11.0. The van der Waals surface area contributed by atoms with Crippen molar-refractivity contribution in [2.75, 3.05) is 18.5 Å². The highest BCUT2D eigenvalue weighted by molar-refractivity contribution is 7.89. The molecule has 6 nitrogen and oxygen atoms in total. The number of hydrogen-bond acceptors (Lipinski definition) is 4. The average molecular weight is 272 g/mol. The van der Waals surface area contributed by atoms with Crippen LogP contribution in [0.15, 0.2) is 23.1 Å². The third-order valence-corrected chi connectivity index (χ3v) is 3.68. The van der Waals surface area contributed by atoms with E-state index in [-0.39, 0.29) is 24.0 Å². The zero-order chi connectivity index (χ0) is 13.8. The molecule has 7 heteroatoms. The number of benzene rings is 1. The van der Waals surface area contributed by atoms with Crippen LogP contribution in [0.4, 0.5) is 5.69 Å². The molecule has 1 amide bonds. The lowest BCUT2D eigenvalue weighted by Crippen LogP contribution is -2.26. The first-order chi connectivity index (χ1) is 8.36. The van der Waals surface area contributed by atoms with Crippen LogP contribution in [0.3, 0.4) is 0 Å². The van der Waals surface area contributed by atoms with Gasteiger partial charge in [0.25, 0.3) is 0 Å². The Morgan fingerprint density at radius 2 is 2.06 bits per heavy atom. The maximum Gasteiger partial charge on any atom is 0.240 e. The van der Waals surface area contributed by atoms with Crippen LogP contribution in [0.5, 0.6) is 0 Å². The summed E-state index contributed by atoms with van der Waals surface area (Å²) < 4.78 is 25.8. The lowest BCUT2D eigenvalue weighted by molar-refractivity contribution is -0.114. The van der Waals surface area contributed by atoms with E-state index in [0.29, 0.717) is 11.3 Å². The van der Waals surface area contributed by atoms with Gasteiger partial charge in [0.2, 0.25) is 15.9 Å². The number of aliphatic hydroxyl groups is 1. The van der Waals surface area contributed by atoms with Crippen molar-refractivity contribution in [1.29, 1.82) is 0 Å². The lowest BCUT2D eigenvalue weighted by atomic mass is 10.2. The topological polar surface area (TPSA) is 95.5 Å². The molecule has 1 aromatic carbocycles. The third-order valence-electron chi connectivity index (χ3n) is 2.22. The van der Waals surface area contributed by atoms with E-state index in [1.165, 1.54) is 25.1 Å². The zero-order valence-electron chi connectivity index (χ0n) is 10.2. The van der Waals surface area contributed by atoms with Crippen molar-refractivity contribution in [2.24, 2.45) is 0 Å². The molecule has 0 aromatic heterocycles. The number of carbonyl (C=O) groups excluding carboxylic acids is 1. The van der Waals surface area contributed by atoms with Crippen LogP contribution in [0.25, 0.3) is 0 Å². The molecule has 0 radical (unpaired) electrons. The summed E-state index contributed by atoms with van der Waals surface area (Å²) >= 11 is 0. The normalized spacial score (nSPS) is 11.3. The minimum absolute atomic E-state index is 0.0329. The number of hydrogen-bond donors (Lipinski definition) is 3. The van der Waals surface area contributed by atoms with E-state index in [0.717, 1.165) is 0 Å². The molecule has 0 saturated carbocycles. The van der Waals surface area contributed by atoms with E-state index in [9.17, 15) is 13.2 Å². The molecule has 0 unspecified atom stereocenters. The van der Waals surface area contributed by atoms with Crippen molar-refractivity contribution in [1.82, 2.24) is 4.72 Å². The van der Waals surface area contributed by atoms with E-state index >= 15 is 0 Å². The maximum atomic E-state index is 11.8. The molecule has 1 rings (SSSR count). The Kier molecular flexibility index (Phi) is 4.83. The number of carbonyl (C=O) groups is 1. The summed E-state index contributed by atoms with van der Waals surface area (Å²) in [6, 6.07) is 4.40. The quantitative estimate of drug-likeness (QED) is 0.714. The first kappa shape index (κ1) is 14.6. The van der Waals surface area contributed by atoms with Crippen LogP contribution < -0.4 is 10.0 Å². The second-order valence-electron chi connectivity index (χ2n) is 3.78. The number of aryl methyl sites for hydroxylation is 1. The Balaban J connectivity index is 3.00. The van der Waals surface area contributed by atoms with Gasteiger partial charge in [-0.2, -0.15) is 0 Å². The van der Waals surface area contributed by atoms with Gasteiger partial charge in [-0.1, -0.05) is 0 Å². The number of nitrogens with one attached hydrogen (secondary N) is 2. The van der Waals surface area contributed by atoms with Crippen LogP contribution in [-0.4, -0.2) is 32.6 Å². The molecular formula is C11H16N2O4S. The van der Waals surface area contributed by atoms with Crippen LogP contribution in [-0.2, 0) is 14.8 Å². The molecule has 0 aliphatic carbocycles. The van der Waals surface area contributed by atoms with Crippen molar-refractivity contribution in [2.45, 2.75) is 18.7 Å². The van der Waals surface area contributed by atoms with Crippen LogP contribution >= 0.6 is 0 Å². The van der Waals surface area contributed by atoms with Crippen molar-refractivity contribution in [3.8, 4) is 0 Å². The van der Waals surface area contributed by atoms with E-state index < -0.39 is 10.0 Å². The predicted octanol–water partition coefficient (Wildman–Crippen LogP) is 0.224. The summed E-state index contributed by atoms with van der Waals surface area (Å²) in [5, 5.41) is 11.2. The Morgan fingerprint density at radius 3 is 2.56 bits per heavy atom. The van der Waals surface area contributed by atoms with Gasteiger partial charge in [-0.05, 0) is 30.7 Å². The second kappa shape index (κ2) is 5.94. The smallest absolute Gasteiger partial charge is 0.240 e. The van der Waals surface area contributed by atoms with E-state index in [1.54, 1.807) is 6.92 Å². The second-order valence-corrected chi connectivity index (χ2v) is 5.55. The standard InChI is InChI=1S/C11H16N2O4S/c1-8-7-10(18(16,17)12-5-6-14)3-4-11(8)13-9(2)15/h3-4,7,12,14H,5-6H2,1-2H3,(H,13,15). The number of rotatable bonds is 5. The van der Waals surface area contributed by atoms with Gasteiger partial charge in [0.05, 0.1) is 11.5 Å². The monoisotopic (exact) mass is 272 g/mol. The Labute approximate surface area is 106 Å². The molecule has 0 bridgehead atoms. The molecule has 18 heavy (non-hydrogen) atoms. The number of sulfonamides is 1. The predicted molar refractivity (Wildman–Crippen MR) is 67.8 cm³/mol. The van der Waals surface area contributed by atoms with Crippen molar-refractivity contribution in [3.63, 3.8) is 0 Å². The Hall–Kier alpha value is -1.44. The molecule has 0 heterocycles. The van der Waals surface area contributed by atoms with Gasteiger partial charge < -0.3 is 10.4 Å². The highest BCUT2D eigenvalue weighted by Crippen LogP contribution is 2.19. The van der Waals surface area contributed by atoms with Crippen molar-refractivity contribution >= 4 is 21.6 Å². The molecule has 0 fully saturated rings. The van der Waals surface area contributed by atoms with Gasteiger partial charge in [-0.25, -0.2) is 13.1 Å². The summed E-state index contributed by atoms with van der Waals surface area (Å²) in [7, 11) is -3.61. The van der Waals surface area contributed by atoms with Crippen LogP contribution in [0.1, 0.15) is 12.5 Å². The molecule has 1 aromatic rings. The highest BCUT2D eigenvalue weighted by atomic mass is 32.2. The minimum Gasteiger partial charge on any atom is -0.395 e. The van der Waals surface area contributed by atoms with Crippen molar-refractivity contribution in [3.05, 3.63) is 23.8 Å². The minimum atomic E-state index is -3.61. The Morgan fingerprint density at radius 1 is 1.39 bits per heavy atom. The molecule has 0 saturated heterocycles. The fourth-order valence-corrected chi connectivity index (χ4v) is 2.50. The summed E-state index contributed by atoms with van der Waals surface area (Å²) in [5.74, 6) is -0.216. The molecule has 0 spiro atoms. The average Bonchev–Trinajstić information content (AvgIpc) is 2.28. The summed E-state index contributed by atoms with van der Waals surface area (Å²) in [6.07, 6.45) is 0. The molecule has 0 aliphatic rings. The van der Waals surface area contributed by atoms with Crippen LogP contribution in [0.2, 0.25) is 0 Å². The number of aliphatic hydroxyl groups excluding tert-OH is 1. The molecule has 0 aliphatic heterocycles. The van der Waals surface area contributed by atoms with Gasteiger partial charge in [0, 0.05) is 19.2 Å². The fraction of sp³-hybridized carbons (Fsp3) is 0.364. The first-order valence-electron chi connectivity index (χ1n) is 5.35. The number of anilines is 1. The molecular weight excluding hydrogens is 256 g/mol. The van der Waals surface area contributed by atoms with E-state index in [2.05, 4.69) is 10.0 Å².